The van der Waals surface area contributed by atoms with E-state index in [4.69, 9.17) is 11.6 Å². The molecule has 0 aromatic heterocycles. The molecule has 0 heterocycles. The van der Waals surface area contributed by atoms with Gasteiger partial charge in [0, 0.05) is 19.3 Å². The van der Waals surface area contributed by atoms with Crippen molar-refractivity contribution < 1.29 is 0 Å². The fourth-order valence-electron chi connectivity index (χ4n) is 2.36. The maximum atomic E-state index is 6.45. The summed E-state index contributed by atoms with van der Waals surface area (Å²) in [5.74, 6) is 0. The first kappa shape index (κ1) is 14.2. The predicted molar refractivity (Wildman–Crippen MR) is 85.7 cm³/mol. The largest absolute Gasteiger partial charge is 0.375 e. The molecule has 1 radical (unpaired) electrons. The molecule has 19 heavy (non-hydrogen) atoms. The van der Waals surface area contributed by atoms with Gasteiger partial charge in [-0.15, -0.1) is 0 Å². The molecule has 101 valence electrons. The van der Waals surface area contributed by atoms with Gasteiger partial charge in [-0.1, -0.05) is 42.3 Å². The van der Waals surface area contributed by atoms with Crippen LogP contribution in [0, 0.1) is 6.42 Å². The molecule has 0 saturated heterocycles. The number of hydrogen-bond donors (Lipinski definition) is 0. The van der Waals surface area contributed by atoms with E-state index in [1.54, 1.807) is 0 Å². The number of allylic oxidation sites excluding steroid dienone is 4. The zero-order valence-electron chi connectivity index (χ0n) is 11.9. The van der Waals surface area contributed by atoms with Crippen LogP contribution < -0.4 is 4.90 Å². The topological polar surface area (TPSA) is 3.24 Å². The molecule has 1 aliphatic carbocycles. The van der Waals surface area contributed by atoms with Gasteiger partial charge in [0.2, 0.25) is 0 Å². The summed E-state index contributed by atoms with van der Waals surface area (Å²) >= 11 is 6.45. The van der Waals surface area contributed by atoms with Gasteiger partial charge in [-0.3, -0.25) is 0 Å². The van der Waals surface area contributed by atoms with Crippen LogP contribution in [0.15, 0.2) is 35.9 Å². The molecule has 0 bridgehead atoms. The van der Waals surface area contributed by atoms with Crippen molar-refractivity contribution in [3.05, 3.63) is 52.9 Å². The maximum absolute atomic E-state index is 6.45. The number of halogens is 1. The van der Waals surface area contributed by atoms with Crippen molar-refractivity contribution in [3.63, 3.8) is 0 Å². The van der Waals surface area contributed by atoms with E-state index in [-0.39, 0.29) is 0 Å². The summed E-state index contributed by atoms with van der Waals surface area (Å²) in [7, 11) is 2.10. The van der Waals surface area contributed by atoms with Gasteiger partial charge in [0.1, 0.15) is 0 Å². The molecule has 0 atom stereocenters. The summed E-state index contributed by atoms with van der Waals surface area (Å²) in [5.41, 5.74) is 4.84. The van der Waals surface area contributed by atoms with Crippen LogP contribution in [0.5, 0.6) is 0 Å². The van der Waals surface area contributed by atoms with Crippen LogP contribution in [0.3, 0.4) is 0 Å². The lowest BCUT2D eigenvalue weighted by Gasteiger charge is -2.20. The first-order chi connectivity index (χ1) is 9.11. The average molecular weight is 275 g/mol. The average Bonchev–Trinajstić information content (AvgIpc) is 2.38. The van der Waals surface area contributed by atoms with Gasteiger partial charge in [0.15, 0.2) is 0 Å². The minimum Gasteiger partial charge on any atom is -0.375 e. The van der Waals surface area contributed by atoms with E-state index in [9.17, 15) is 0 Å². The van der Waals surface area contributed by atoms with Crippen molar-refractivity contribution in [2.45, 2.75) is 26.7 Å². The molecule has 0 amide bonds. The molecular weight excluding hydrogens is 254 g/mol. The smallest absolute Gasteiger partial charge is 0.0501 e. The molecule has 0 saturated carbocycles. The van der Waals surface area contributed by atoms with Crippen LogP contribution in [0.2, 0.25) is 5.02 Å². The molecule has 1 aromatic rings. The first-order valence-corrected chi connectivity index (χ1v) is 7.22. The van der Waals surface area contributed by atoms with E-state index in [1.807, 2.05) is 0 Å². The number of hydrogen-bond acceptors (Lipinski definition) is 1. The van der Waals surface area contributed by atoms with Crippen LogP contribution in [-0.4, -0.2) is 13.6 Å². The zero-order chi connectivity index (χ0) is 13.8. The quantitative estimate of drug-likeness (QED) is 0.736. The van der Waals surface area contributed by atoms with E-state index in [2.05, 4.69) is 62.6 Å². The van der Waals surface area contributed by atoms with Crippen molar-refractivity contribution in [1.29, 1.82) is 0 Å². The van der Waals surface area contributed by atoms with E-state index >= 15 is 0 Å². The van der Waals surface area contributed by atoms with Crippen LogP contribution in [0.4, 0.5) is 5.69 Å². The summed E-state index contributed by atoms with van der Waals surface area (Å²) in [6, 6.07) is 6.35. The second-order valence-corrected chi connectivity index (χ2v) is 5.48. The van der Waals surface area contributed by atoms with Crippen molar-refractivity contribution in [2.75, 3.05) is 18.5 Å². The predicted octanol–water partition coefficient (Wildman–Crippen LogP) is 5.12. The summed E-state index contributed by atoms with van der Waals surface area (Å²) in [5, 5.41) is 0.831. The van der Waals surface area contributed by atoms with Gasteiger partial charge in [0.05, 0.1) is 5.02 Å². The molecule has 1 nitrogen and oxygen atoms in total. The lowest BCUT2D eigenvalue weighted by atomic mass is 9.94. The molecule has 0 N–H and O–H groups in total. The second-order valence-electron chi connectivity index (χ2n) is 5.07. The third-order valence-electron chi connectivity index (χ3n) is 3.42. The number of anilines is 1. The van der Waals surface area contributed by atoms with E-state index in [0.717, 1.165) is 30.0 Å². The standard InChI is InChI=1S/C17H21ClN/c1-4-10-19(3)15-8-9-16(17(18)12-15)14-7-5-6-13(2)11-14/h6-9,11-12H,4-5,10H2,1-3H3. The van der Waals surface area contributed by atoms with Crippen molar-refractivity contribution in [3.8, 4) is 0 Å². The molecule has 2 rings (SSSR count). The molecule has 1 aliphatic rings. The second kappa shape index (κ2) is 6.29. The SMILES string of the molecule is CCCN(C)c1ccc(C2=CC(C)=CC[CH]2)c(Cl)c1. The first-order valence-electron chi connectivity index (χ1n) is 6.84. The Morgan fingerprint density at radius 1 is 1.32 bits per heavy atom. The number of benzene rings is 1. The Balaban J connectivity index is 2.27. The summed E-state index contributed by atoms with van der Waals surface area (Å²) < 4.78 is 0. The Morgan fingerprint density at radius 3 is 2.74 bits per heavy atom. The normalized spacial score (nSPS) is 14.9. The Bertz CT molecular complexity index is 514. The lowest BCUT2D eigenvalue weighted by molar-refractivity contribution is 0.852. The van der Waals surface area contributed by atoms with Crippen LogP contribution >= 0.6 is 11.6 Å². The van der Waals surface area contributed by atoms with Gasteiger partial charge in [-0.2, -0.15) is 0 Å². The van der Waals surface area contributed by atoms with Crippen molar-refractivity contribution >= 4 is 22.9 Å². The molecular formula is C17H21ClN. The van der Waals surface area contributed by atoms with Gasteiger partial charge in [0.25, 0.3) is 0 Å². The van der Waals surface area contributed by atoms with Crippen LogP contribution in [-0.2, 0) is 0 Å². The van der Waals surface area contributed by atoms with E-state index in [1.165, 1.54) is 16.8 Å². The van der Waals surface area contributed by atoms with Crippen LogP contribution in [0.25, 0.3) is 5.57 Å². The fraction of sp³-hybridized carbons (Fsp3) is 0.353. The highest BCUT2D eigenvalue weighted by Crippen LogP contribution is 2.33. The molecule has 0 fully saturated rings. The van der Waals surface area contributed by atoms with E-state index in [0.29, 0.717) is 0 Å². The van der Waals surface area contributed by atoms with Crippen molar-refractivity contribution in [2.24, 2.45) is 0 Å². The minimum atomic E-state index is 0.831. The highest BCUT2D eigenvalue weighted by molar-refractivity contribution is 6.32. The highest BCUT2D eigenvalue weighted by Gasteiger charge is 2.11. The maximum Gasteiger partial charge on any atom is 0.0501 e. The van der Waals surface area contributed by atoms with Gasteiger partial charge >= 0.3 is 0 Å². The lowest BCUT2D eigenvalue weighted by Crippen LogP contribution is -2.17. The Kier molecular flexibility index (Phi) is 4.71. The molecule has 2 heteroatoms. The molecule has 0 spiro atoms. The third-order valence-corrected chi connectivity index (χ3v) is 3.74. The Morgan fingerprint density at radius 2 is 2.11 bits per heavy atom. The number of nitrogens with zero attached hydrogens (tertiary/aromatic N) is 1. The van der Waals surface area contributed by atoms with Gasteiger partial charge in [-0.25, -0.2) is 0 Å². The fourth-order valence-corrected chi connectivity index (χ4v) is 2.65. The molecule has 0 aliphatic heterocycles. The summed E-state index contributed by atoms with van der Waals surface area (Å²) in [4.78, 5) is 2.24. The summed E-state index contributed by atoms with van der Waals surface area (Å²) in [6.45, 7) is 5.36. The van der Waals surface area contributed by atoms with E-state index < -0.39 is 0 Å². The zero-order valence-corrected chi connectivity index (χ0v) is 12.7. The summed E-state index contributed by atoms with van der Waals surface area (Å²) in [6.07, 6.45) is 8.77. The minimum absolute atomic E-state index is 0.831. The monoisotopic (exact) mass is 274 g/mol. The van der Waals surface area contributed by atoms with Gasteiger partial charge < -0.3 is 4.90 Å². The molecule has 0 unspecified atom stereocenters. The third kappa shape index (κ3) is 3.42. The number of rotatable bonds is 4. The van der Waals surface area contributed by atoms with Crippen LogP contribution in [0.1, 0.15) is 32.3 Å². The van der Waals surface area contributed by atoms with Crippen molar-refractivity contribution in [1.82, 2.24) is 0 Å². The molecule has 1 aromatic carbocycles. The Labute approximate surface area is 121 Å². The Hall–Kier alpha value is -1.21. The van der Waals surface area contributed by atoms with Gasteiger partial charge in [-0.05, 0) is 49.5 Å². The highest BCUT2D eigenvalue weighted by atomic mass is 35.5.